The molecule has 2 heterocycles. The van der Waals surface area contributed by atoms with Crippen LogP contribution in [0.3, 0.4) is 0 Å². The van der Waals surface area contributed by atoms with E-state index in [9.17, 15) is 9.59 Å². The highest BCUT2D eigenvalue weighted by Gasteiger charge is 2.35. The summed E-state index contributed by atoms with van der Waals surface area (Å²) in [7, 11) is 0. The van der Waals surface area contributed by atoms with Gasteiger partial charge in [-0.1, -0.05) is 18.0 Å². The van der Waals surface area contributed by atoms with E-state index in [1.807, 2.05) is 0 Å². The topological polar surface area (TPSA) is 96.5 Å². The Kier molecular flexibility index (Phi) is 3.42. The van der Waals surface area contributed by atoms with E-state index >= 15 is 0 Å². The molecule has 1 atom stereocenters. The number of carbonyl (C=O) groups is 2. The van der Waals surface area contributed by atoms with Crippen LogP contribution in [0.2, 0.25) is 0 Å². The molecule has 20 heavy (non-hydrogen) atoms. The van der Waals surface area contributed by atoms with Gasteiger partial charge in [0.05, 0.1) is 12.5 Å². The Hall–Kier alpha value is -1.92. The zero-order valence-electron chi connectivity index (χ0n) is 11.1. The standard InChI is InChI=1S/C13H17N3O4/c17-11-5-9(13(18)19)6-16(11)7-10-14-12(20-15-10)8-3-1-2-4-8/h8-9H,1-7H2,(H,18,19)/t9-/m0/s1. The van der Waals surface area contributed by atoms with Crippen LogP contribution in [0.1, 0.15) is 49.7 Å². The summed E-state index contributed by atoms with van der Waals surface area (Å²) in [6.45, 7) is 0.459. The number of amides is 1. The molecular formula is C13H17N3O4. The van der Waals surface area contributed by atoms with Crippen molar-refractivity contribution in [1.82, 2.24) is 15.0 Å². The molecule has 1 aliphatic heterocycles. The van der Waals surface area contributed by atoms with Crippen LogP contribution in [0.25, 0.3) is 0 Å². The summed E-state index contributed by atoms with van der Waals surface area (Å²) in [6, 6.07) is 0. The fourth-order valence-corrected chi connectivity index (χ4v) is 2.93. The van der Waals surface area contributed by atoms with Crippen LogP contribution in [-0.4, -0.2) is 38.6 Å². The van der Waals surface area contributed by atoms with E-state index in [1.54, 1.807) is 0 Å². The van der Waals surface area contributed by atoms with Gasteiger partial charge in [0.25, 0.3) is 0 Å². The predicted octanol–water partition coefficient (Wildman–Crippen LogP) is 1.16. The third-order valence-corrected chi connectivity index (χ3v) is 4.08. The molecule has 0 aromatic carbocycles. The molecule has 1 aromatic rings. The van der Waals surface area contributed by atoms with Gasteiger partial charge in [0, 0.05) is 18.9 Å². The highest BCUT2D eigenvalue weighted by Crippen LogP contribution is 2.33. The lowest BCUT2D eigenvalue weighted by molar-refractivity contribution is -0.141. The SMILES string of the molecule is O=C(O)[C@H]1CC(=O)N(Cc2noc(C3CCCC3)n2)C1. The molecular weight excluding hydrogens is 262 g/mol. The molecule has 0 radical (unpaired) electrons. The number of hydrogen-bond donors (Lipinski definition) is 1. The third-order valence-electron chi connectivity index (χ3n) is 4.08. The summed E-state index contributed by atoms with van der Waals surface area (Å²) < 4.78 is 5.25. The quantitative estimate of drug-likeness (QED) is 0.888. The van der Waals surface area contributed by atoms with E-state index < -0.39 is 11.9 Å². The van der Waals surface area contributed by atoms with Crippen LogP contribution in [0, 0.1) is 5.92 Å². The Morgan fingerprint density at radius 1 is 1.40 bits per heavy atom. The van der Waals surface area contributed by atoms with Crippen molar-refractivity contribution in [3.63, 3.8) is 0 Å². The highest BCUT2D eigenvalue weighted by molar-refractivity contribution is 5.85. The summed E-state index contributed by atoms with van der Waals surface area (Å²) in [5.74, 6) is -0.253. The van der Waals surface area contributed by atoms with Gasteiger partial charge in [-0.25, -0.2) is 0 Å². The van der Waals surface area contributed by atoms with Gasteiger partial charge in [0.15, 0.2) is 5.82 Å². The van der Waals surface area contributed by atoms with E-state index in [2.05, 4.69) is 10.1 Å². The number of aromatic nitrogens is 2. The van der Waals surface area contributed by atoms with Gasteiger partial charge in [0.2, 0.25) is 11.8 Å². The highest BCUT2D eigenvalue weighted by atomic mass is 16.5. The fourth-order valence-electron chi connectivity index (χ4n) is 2.93. The third kappa shape index (κ3) is 2.52. The lowest BCUT2D eigenvalue weighted by Gasteiger charge is -2.12. The summed E-state index contributed by atoms with van der Waals surface area (Å²) in [6.07, 6.45) is 4.58. The number of likely N-dealkylation sites (tertiary alicyclic amines) is 1. The largest absolute Gasteiger partial charge is 0.481 e. The number of nitrogens with zero attached hydrogens (tertiary/aromatic N) is 3. The summed E-state index contributed by atoms with van der Waals surface area (Å²) in [5.41, 5.74) is 0. The first-order chi connectivity index (χ1) is 9.63. The number of carboxylic acids is 1. The maximum absolute atomic E-state index is 11.7. The lowest BCUT2D eigenvalue weighted by atomic mass is 10.1. The second-order valence-corrected chi connectivity index (χ2v) is 5.54. The van der Waals surface area contributed by atoms with Gasteiger partial charge >= 0.3 is 5.97 Å². The second-order valence-electron chi connectivity index (χ2n) is 5.54. The fraction of sp³-hybridized carbons (Fsp3) is 0.692. The molecule has 0 spiro atoms. The zero-order chi connectivity index (χ0) is 14.1. The van der Waals surface area contributed by atoms with Crippen LogP contribution in [0.15, 0.2) is 4.52 Å². The first-order valence-electron chi connectivity index (χ1n) is 6.96. The average Bonchev–Trinajstić information content (AvgIpc) is 3.11. The van der Waals surface area contributed by atoms with Crippen LogP contribution in [0.5, 0.6) is 0 Å². The van der Waals surface area contributed by atoms with Gasteiger partial charge < -0.3 is 14.5 Å². The molecule has 1 saturated carbocycles. The number of carboxylic acid groups (broad SMARTS) is 1. The molecule has 7 heteroatoms. The van der Waals surface area contributed by atoms with Gasteiger partial charge in [-0.15, -0.1) is 0 Å². The number of carbonyl (C=O) groups excluding carboxylic acids is 1. The summed E-state index contributed by atoms with van der Waals surface area (Å²) in [5, 5.41) is 12.8. The molecule has 1 aliphatic carbocycles. The van der Waals surface area contributed by atoms with Crippen LogP contribution < -0.4 is 0 Å². The van der Waals surface area contributed by atoms with Crippen LogP contribution in [0.4, 0.5) is 0 Å². The average molecular weight is 279 g/mol. The maximum atomic E-state index is 11.7. The molecule has 3 rings (SSSR count). The number of rotatable bonds is 4. The number of hydrogen-bond acceptors (Lipinski definition) is 5. The first kappa shape index (κ1) is 13.1. The van der Waals surface area contributed by atoms with Crippen molar-refractivity contribution in [3.8, 4) is 0 Å². The van der Waals surface area contributed by atoms with Crippen molar-refractivity contribution in [1.29, 1.82) is 0 Å². The first-order valence-corrected chi connectivity index (χ1v) is 6.96. The van der Waals surface area contributed by atoms with Gasteiger partial charge in [0.1, 0.15) is 0 Å². The van der Waals surface area contributed by atoms with Crippen molar-refractivity contribution in [2.45, 2.75) is 44.6 Å². The van der Waals surface area contributed by atoms with E-state index in [1.165, 1.54) is 17.7 Å². The Morgan fingerprint density at radius 2 is 2.15 bits per heavy atom. The van der Waals surface area contributed by atoms with Gasteiger partial charge in [-0.2, -0.15) is 4.98 Å². The van der Waals surface area contributed by atoms with Crippen molar-refractivity contribution in [2.75, 3.05) is 6.54 Å². The number of aliphatic carboxylic acids is 1. The van der Waals surface area contributed by atoms with Crippen molar-refractivity contribution >= 4 is 11.9 Å². The van der Waals surface area contributed by atoms with Crippen molar-refractivity contribution in [2.24, 2.45) is 5.92 Å². The molecule has 1 aromatic heterocycles. The Bertz CT molecular complexity index is 521. The monoisotopic (exact) mass is 279 g/mol. The predicted molar refractivity (Wildman–Crippen MR) is 66.7 cm³/mol. The van der Waals surface area contributed by atoms with Crippen LogP contribution >= 0.6 is 0 Å². The molecule has 108 valence electrons. The maximum Gasteiger partial charge on any atom is 0.308 e. The molecule has 1 saturated heterocycles. The minimum atomic E-state index is -0.930. The van der Waals surface area contributed by atoms with Gasteiger partial charge in [-0.3, -0.25) is 9.59 Å². The van der Waals surface area contributed by atoms with Crippen molar-refractivity contribution < 1.29 is 19.2 Å². The lowest BCUT2D eigenvalue weighted by Crippen LogP contribution is -2.26. The molecule has 0 bridgehead atoms. The molecule has 0 unspecified atom stereocenters. The minimum Gasteiger partial charge on any atom is -0.481 e. The van der Waals surface area contributed by atoms with Crippen LogP contribution in [-0.2, 0) is 16.1 Å². The Morgan fingerprint density at radius 3 is 2.80 bits per heavy atom. The normalized spacial score (nSPS) is 23.7. The minimum absolute atomic E-state index is 0.0582. The molecule has 2 fully saturated rings. The van der Waals surface area contributed by atoms with E-state index in [0.29, 0.717) is 17.6 Å². The molecule has 2 aliphatic rings. The molecule has 7 nitrogen and oxygen atoms in total. The van der Waals surface area contributed by atoms with Gasteiger partial charge in [-0.05, 0) is 12.8 Å². The molecule has 1 N–H and O–H groups in total. The molecule has 1 amide bonds. The zero-order valence-corrected chi connectivity index (χ0v) is 11.1. The van der Waals surface area contributed by atoms with E-state index in [-0.39, 0.29) is 25.4 Å². The Labute approximate surface area is 115 Å². The van der Waals surface area contributed by atoms with E-state index in [0.717, 1.165) is 12.8 Å². The Balaban J connectivity index is 1.63. The van der Waals surface area contributed by atoms with E-state index in [4.69, 9.17) is 9.63 Å². The van der Waals surface area contributed by atoms with Crippen molar-refractivity contribution in [3.05, 3.63) is 11.7 Å². The summed E-state index contributed by atoms with van der Waals surface area (Å²) in [4.78, 5) is 28.5. The smallest absolute Gasteiger partial charge is 0.308 e. The second kappa shape index (κ2) is 5.22. The summed E-state index contributed by atoms with van der Waals surface area (Å²) >= 11 is 0.